The molecule has 0 bridgehead atoms. The third-order valence-electron chi connectivity index (χ3n) is 4.05. The Morgan fingerprint density at radius 1 is 1.11 bits per heavy atom. The third-order valence-corrected chi connectivity index (χ3v) is 4.28. The molecule has 6 heteroatoms. The number of nitrogens with zero attached hydrogens (tertiary/aromatic N) is 1. The molecule has 1 aromatic heterocycles. The lowest BCUT2D eigenvalue weighted by atomic mass is 10.1. The number of pyridine rings is 1. The van der Waals surface area contributed by atoms with Gasteiger partial charge in [-0.25, -0.2) is 4.98 Å². The molecule has 1 heterocycles. The van der Waals surface area contributed by atoms with Gasteiger partial charge in [-0.1, -0.05) is 23.7 Å². The van der Waals surface area contributed by atoms with Crippen molar-refractivity contribution in [3.05, 3.63) is 83.0 Å². The van der Waals surface area contributed by atoms with Crippen molar-refractivity contribution in [1.29, 1.82) is 0 Å². The van der Waals surface area contributed by atoms with Gasteiger partial charge in [0.2, 0.25) is 0 Å². The van der Waals surface area contributed by atoms with E-state index in [4.69, 9.17) is 16.3 Å². The van der Waals surface area contributed by atoms with Crippen molar-refractivity contribution in [3.63, 3.8) is 0 Å². The van der Waals surface area contributed by atoms with Crippen LogP contribution in [0.4, 0.5) is 11.5 Å². The normalized spacial score (nSPS) is 10.4. The van der Waals surface area contributed by atoms with E-state index in [0.29, 0.717) is 36.0 Å². The molecule has 144 valence electrons. The standard InChI is InChI=1S/C22H22ClN3O2/c1-2-28-20-8-6-19(7-9-20)26-21-15-17(11-13-24-21)22(27)25-12-10-16-4-3-5-18(23)14-16/h3-9,11,13-15H,2,10,12H2,1H3,(H,24,26)(H,25,27). The van der Waals surface area contributed by atoms with Crippen LogP contribution < -0.4 is 15.4 Å². The molecule has 0 unspecified atom stereocenters. The number of aromatic nitrogens is 1. The smallest absolute Gasteiger partial charge is 0.251 e. The molecule has 1 amide bonds. The zero-order valence-electron chi connectivity index (χ0n) is 15.6. The minimum absolute atomic E-state index is 0.140. The van der Waals surface area contributed by atoms with Gasteiger partial charge in [0.25, 0.3) is 5.91 Å². The van der Waals surface area contributed by atoms with Gasteiger partial charge in [0, 0.05) is 29.0 Å². The summed E-state index contributed by atoms with van der Waals surface area (Å²) in [6.45, 7) is 3.10. The molecule has 3 aromatic rings. The number of hydrogen-bond acceptors (Lipinski definition) is 4. The molecule has 2 aromatic carbocycles. The second-order valence-electron chi connectivity index (χ2n) is 6.15. The van der Waals surface area contributed by atoms with Crippen molar-refractivity contribution >= 4 is 29.0 Å². The van der Waals surface area contributed by atoms with Crippen LogP contribution in [-0.4, -0.2) is 24.0 Å². The summed E-state index contributed by atoms with van der Waals surface area (Å²) in [5.41, 5.74) is 2.50. The van der Waals surface area contributed by atoms with Gasteiger partial charge in [-0.15, -0.1) is 0 Å². The fourth-order valence-corrected chi connectivity index (χ4v) is 2.92. The molecule has 0 saturated heterocycles. The summed E-state index contributed by atoms with van der Waals surface area (Å²) in [6, 6.07) is 18.6. The minimum Gasteiger partial charge on any atom is -0.494 e. The molecule has 0 radical (unpaired) electrons. The average molecular weight is 396 g/mol. The van der Waals surface area contributed by atoms with Crippen molar-refractivity contribution in [2.24, 2.45) is 0 Å². The lowest BCUT2D eigenvalue weighted by Gasteiger charge is -2.09. The van der Waals surface area contributed by atoms with E-state index in [1.807, 2.05) is 55.5 Å². The summed E-state index contributed by atoms with van der Waals surface area (Å²) in [5, 5.41) is 6.82. The Morgan fingerprint density at radius 2 is 1.93 bits per heavy atom. The zero-order chi connectivity index (χ0) is 19.8. The highest BCUT2D eigenvalue weighted by Gasteiger charge is 2.07. The van der Waals surface area contributed by atoms with Gasteiger partial charge in [-0.3, -0.25) is 4.79 Å². The Balaban J connectivity index is 1.56. The molecule has 0 aliphatic heterocycles. The number of nitrogens with one attached hydrogen (secondary N) is 2. The van der Waals surface area contributed by atoms with Gasteiger partial charge in [0.05, 0.1) is 6.61 Å². The fraction of sp³-hybridized carbons (Fsp3) is 0.182. The number of rotatable bonds is 8. The number of hydrogen-bond donors (Lipinski definition) is 2. The maximum Gasteiger partial charge on any atom is 0.251 e. The molecule has 0 aliphatic carbocycles. The number of carbonyl (C=O) groups excluding carboxylic acids is 1. The first-order chi connectivity index (χ1) is 13.6. The first kappa shape index (κ1) is 19.7. The SMILES string of the molecule is CCOc1ccc(Nc2cc(C(=O)NCCc3cccc(Cl)c3)ccn2)cc1. The highest BCUT2D eigenvalue weighted by Crippen LogP contribution is 2.19. The van der Waals surface area contributed by atoms with E-state index >= 15 is 0 Å². The van der Waals surface area contributed by atoms with Crippen molar-refractivity contribution in [3.8, 4) is 5.75 Å². The van der Waals surface area contributed by atoms with E-state index in [1.54, 1.807) is 18.3 Å². The Morgan fingerprint density at radius 3 is 2.68 bits per heavy atom. The van der Waals surface area contributed by atoms with E-state index in [9.17, 15) is 4.79 Å². The van der Waals surface area contributed by atoms with Gasteiger partial charge in [0.1, 0.15) is 11.6 Å². The molecule has 0 aliphatic rings. The Kier molecular flexibility index (Phi) is 6.87. The number of carbonyl (C=O) groups is 1. The average Bonchev–Trinajstić information content (AvgIpc) is 2.70. The lowest BCUT2D eigenvalue weighted by Crippen LogP contribution is -2.25. The van der Waals surface area contributed by atoms with E-state index in [0.717, 1.165) is 17.0 Å². The van der Waals surface area contributed by atoms with Crippen LogP contribution in [0, 0.1) is 0 Å². The summed E-state index contributed by atoms with van der Waals surface area (Å²) in [5.74, 6) is 1.28. The fourth-order valence-electron chi connectivity index (χ4n) is 2.70. The summed E-state index contributed by atoms with van der Waals surface area (Å²) >= 11 is 5.98. The summed E-state index contributed by atoms with van der Waals surface area (Å²) < 4.78 is 5.43. The molecule has 28 heavy (non-hydrogen) atoms. The molecular weight excluding hydrogens is 374 g/mol. The summed E-state index contributed by atoms with van der Waals surface area (Å²) in [6.07, 6.45) is 2.33. The first-order valence-corrected chi connectivity index (χ1v) is 9.50. The van der Waals surface area contributed by atoms with Gasteiger partial charge in [-0.2, -0.15) is 0 Å². The van der Waals surface area contributed by atoms with Crippen LogP contribution in [0.15, 0.2) is 66.9 Å². The Bertz CT molecular complexity index is 929. The van der Waals surface area contributed by atoms with Crippen LogP contribution >= 0.6 is 11.6 Å². The van der Waals surface area contributed by atoms with E-state index in [-0.39, 0.29) is 5.91 Å². The highest BCUT2D eigenvalue weighted by molar-refractivity contribution is 6.30. The zero-order valence-corrected chi connectivity index (χ0v) is 16.4. The van der Waals surface area contributed by atoms with E-state index in [1.165, 1.54) is 0 Å². The van der Waals surface area contributed by atoms with Gasteiger partial charge in [0.15, 0.2) is 0 Å². The van der Waals surface area contributed by atoms with Gasteiger partial charge in [-0.05, 0) is 67.4 Å². The molecule has 3 rings (SSSR count). The maximum atomic E-state index is 12.4. The second kappa shape index (κ2) is 9.76. The maximum absolute atomic E-state index is 12.4. The molecule has 2 N–H and O–H groups in total. The van der Waals surface area contributed by atoms with Crippen LogP contribution in [-0.2, 0) is 6.42 Å². The Labute approximate surface area is 169 Å². The second-order valence-corrected chi connectivity index (χ2v) is 6.58. The quantitative estimate of drug-likeness (QED) is 0.572. The van der Waals surface area contributed by atoms with Crippen molar-refractivity contribution in [2.75, 3.05) is 18.5 Å². The minimum atomic E-state index is -0.140. The summed E-state index contributed by atoms with van der Waals surface area (Å²) in [4.78, 5) is 16.7. The molecule has 5 nitrogen and oxygen atoms in total. The monoisotopic (exact) mass is 395 g/mol. The predicted molar refractivity (Wildman–Crippen MR) is 113 cm³/mol. The van der Waals surface area contributed by atoms with Crippen LogP contribution in [0.5, 0.6) is 5.75 Å². The van der Waals surface area contributed by atoms with Crippen molar-refractivity contribution in [1.82, 2.24) is 10.3 Å². The number of amides is 1. The van der Waals surface area contributed by atoms with E-state index < -0.39 is 0 Å². The Hall–Kier alpha value is -3.05. The predicted octanol–water partition coefficient (Wildman–Crippen LogP) is 4.85. The number of ether oxygens (including phenoxy) is 1. The van der Waals surface area contributed by atoms with Crippen LogP contribution in [0.25, 0.3) is 0 Å². The molecule has 0 fully saturated rings. The molecule has 0 saturated carbocycles. The van der Waals surface area contributed by atoms with E-state index in [2.05, 4.69) is 15.6 Å². The number of halogens is 1. The topological polar surface area (TPSA) is 63.2 Å². The van der Waals surface area contributed by atoms with Crippen molar-refractivity contribution in [2.45, 2.75) is 13.3 Å². The summed E-state index contributed by atoms with van der Waals surface area (Å²) in [7, 11) is 0. The van der Waals surface area contributed by atoms with Crippen LogP contribution in [0.2, 0.25) is 5.02 Å². The van der Waals surface area contributed by atoms with Crippen molar-refractivity contribution < 1.29 is 9.53 Å². The highest BCUT2D eigenvalue weighted by atomic mass is 35.5. The third kappa shape index (κ3) is 5.72. The first-order valence-electron chi connectivity index (χ1n) is 9.12. The van der Waals surface area contributed by atoms with Gasteiger partial charge < -0.3 is 15.4 Å². The van der Waals surface area contributed by atoms with Crippen LogP contribution in [0.1, 0.15) is 22.8 Å². The molecule has 0 atom stereocenters. The number of anilines is 2. The van der Waals surface area contributed by atoms with Crippen LogP contribution in [0.3, 0.4) is 0 Å². The lowest BCUT2D eigenvalue weighted by molar-refractivity contribution is 0.0954. The molecule has 0 spiro atoms. The largest absolute Gasteiger partial charge is 0.494 e. The van der Waals surface area contributed by atoms with Gasteiger partial charge >= 0.3 is 0 Å². The number of benzene rings is 2. The molecular formula is C22H22ClN3O2.